The molecule has 1 rings (SSSR count). The molecule has 0 spiro atoms. The Bertz CT molecular complexity index is 316. The molecule has 2 atom stereocenters. The molecule has 1 aliphatic heterocycles. The minimum atomic E-state index is -0.818. The summed E-state index contributed by atoms with van der Waals surface area (Å²) in [5.41, 5.74) is 0. The highest BCUT2D eigenvalue weighted by atomic mass is 16.4. The van der Waals surface area contributed by atoms with Gasteiger partial charge in [0.05, 0.1) is 6.54 Å². The van der Waals surface area contributed by atoms with Crippen LogP contribution in [-0.4, -0.2) is 47.1 Å². The Kier molecular flexibility index (Phi) is 6.28. The van der Waals surface area contributed by atoms with Crippen LogP contribution < -0.4 is 5.32 Å². The van der Waals surface area contributed by atoms with Crippen LogP contribution in [0, 0.1) is 5.92 Å². The molecule has 0 saturated carbocycles. The van der Waals surface area contributed by atoms with Gasteiger partial charge in [0, 0.05) is 6.04 Å². The van der Waals surface area contributed by atoms with Gasteiger partial charge in [0.1, 0.15) is 6.04 Å². The molecule has 1 heterocycles. The van der Waals surface area contributed by atoms with Crippen molar-refractivity contribution < 1.29 is 14.7 Å². The fraction of sp³-hybridized carbons (Fsp3) is 0.857. The molecule has 0 aromatic rings. The number of nitrogens with zero attached hydrogens (tertiary/aromatic N) is 1. The summed E-state index contributed by atoms with van der Waals surface area (Å²) in [5.74, 6) is -0.462. The summed E-state index contributed by atoms with van der Waals surface area (Å²) in [6.07, 6.45) is 3.40. The minimum absolute atomic E-state index is 0.0606. The van der Waals surface area contributed by atoms with Crippen LogP contribution in [0.5, 0.6) is 0 Å². The van der Waals surface area contributed by atoms with Gasteiger partial charge in [-0.2, -0.15) is 0 Å². The maximum Gasteiger partial charge on any atom is 0.320 e. The molecule has 5 nitrogen and oxygen atoms in total. The summed E-state index contributed by atoms with van der Waals surface area (Å²) in [6.45, 7) is 7.03. The second kappa shape index (κ2) is 7.48. The zero-order chi connectivity index (χ0) is 14.4. The summed E-state index contributed by atoms with van der Waals surface area (Å²) in [6, 6.07) is -0.323. The average Bonchev–Trinajstić information content (AvgIpc) is 2.37. The van der Waals surface area contributed by atoms with E-state index in [4.69, 9.17) is 0 Å². The van der Waals surface area contributed by atoms with Crippen molar-refractivity contribution in [2.75, 3.05) is 13.1 Å². The second-order valence-electron chi connectivity index (χ2n) is 5.53. The van der Waals surface area contributed by atoms with Crippen molar-refractivity contribution >= 4 is 11.9 Å². The van der Waals surface area contributed by atoms with Gasteiger partial charge in [-0.1, -0.05) is 20.8 Å². The predicted octanol–water partition coefficient (Wildman–Crippen LogP) is 1.48. The smallest absolute Gasteiger partial charge is 0.320 e. The Hall–Kier alpha value is -1.10. The SMILES string of the molecule is CCC(CC)NC(=O)CN1CCC(C)CC1C(=O)O. The Labute approximate surface area is 115 Å². The molecular weight excluding hydrogens is 244 g/mol. The quantitative estimate of drug-likeness (QED) is 0.767. The number of hydrogen-bond donors (Lipinski definition) is 2. The van der Waals surface area contributed by atoms with E-state index < -0.39 is 12.0 Å². The molecule has 1 saturated heterocycles. The van der Waals surface area contributed by atoms with Crippen LogP contribution in [0.4, 0.5) is 0 Å². The van der Waals surface area contributed by atoms with E-state index in [1.807, 2.05) is 13.8 Å². The lowest BCUT2D eigenvalue weighted by Crippen LogP contribution is -2.51. The molecule has 0 aliphatic carbocycles. The maximum atomic E-state index is 11.9. The number of amides is 1. The van der Waals surface area contributed by atoms with E-state index in [0.717, 1.165) is 19.3 Å². The van der Waals surface area contributed by atoms with Crippen LogP contribution in [0.3, 0.4) is 0 Å². The van der Waals surface area contributed by atoms with E-state index in [-0.39, 0.29) is 18.5 Å². The third-order valence-corrected chi connectivity index (χ3v) is 3.96. The lowest BCUT2D eigenvalue weighted by atomic mass is 9.92. The van der Waals surface area contributed by atoms with Crippen molar-refractivity contribution in [2.45, 2.75) is 58.5 Å². The fourth-order valence-corrected chi connectivity index (χ4v) is 2.59. The molecule has 0 radical (unpaired) electrons. The van der Waals surface area contributed by atoms with E-state index in [9.17, 15) is 14.7 Å². The number of piperidine rings is 1. The van der Waals surface area contributed by atoms with Gasteiger partial charge in [0.25, 0.3) is 0 Å². The van der Waals surface area contributed by atoms with Crippen LogP contribution in [0.1, 0.15) is 46.5 Å². The van der Waals surface area contributed by atoms with Crippen molar-refractivity contribution in [1.82, 2.24) is 10.2 Å². The highest BCUT2D eigenvalue weighted by Crippen LogP contribution is 2.22. The second-order valence-corrected chi connectivity index (χ2v) is 5.53. The number of rotatable bonds is 6. The van der Waals surface area contributed by atoms with Crippen LogP contribution in [-0.2, 0) is 9.59 Å². The van der Waals surface area contributed by atoms with Crippen LogP contribution in [0.15, 0.2) is 0 Å². The zero-order valence-electron chi connectivity index (χ0n) is 12.2. The Balaban J connectivity index is 2.53. The lowest BCUT2D eigenvalue weighted by molar-refractivity contribution is -0.146. The summed E-state index contributed by atoms with van der Waals surface area (Å²) in [4.78, 5) is 25.0. The summed E-state index contributed by atoms with van der Waals surface area (Å²) >= 11 is 0. The van der Waals surface area contributed by atoms with Crippen molar-refractivity contribution in [1.29, 1.82) is 0 Å². The first-order valence-corrected chi connectivity index (χ1v) is 7.24. The number of carboxylic acid groups (broad SMARTS) is 1. The van der Waals surface area contributed by atoms with Crippen molar-refractivity contribution in [2.24, 2.45) is 5.92 Å². The molecule has 5 heteroatoms. The third-order valence-electron chi connectivity index (χ3n) is 3.96. The van der Waals surface area contributed by atoms with Crippen LogP contribution in [0.25, 0.3) is 0 Å². The number of carboxylic acids is 1. The molecule has 0 aromatic heterocycles. The molecule has 2 unspecified atom stereocenters. The van der Waals surface area contributed by atoms with Gasteiger partial charge in [-0.25, -0.2) is 0 Å². The van der Waals surface area contributed by atoms with Crippen LogP contribution >= 0.6 is 0 Å². The Morgan fingerprint density at radius 1 is 1.37 bits per heavy atom. The normalized spacial score (nSPS) is 24.4. The van der Waals surface area contributed by atoms with Crippen LogP contribution in [0.2, 0.25) is 0 Å². The highest BCUT2D eigenvalue weighted by molar-refractivity contribution is 5.80. The molecule has 2 N–H and O–H groups in total. The van der Waals surface area contributed by atoms with E-state index in [1.165, 1.54) is 0 Å². The third kappa shape index (κ3) is 4.82. The van der Waals surface area contributed by atoms with Gasteiger partial charge in [-0.05, 0) is 38.1 Å². The standard InChI is InChI=1S/C14H26N2O3/c1-4-11(5-2)15-13(17)9-16-7-6-10(3)8-12(16)14(18)19/h10-12H,4-9H2,1-3H3,(H,15,17)(H,18,19). The molecule has 19 heavy (non-hydrogen) atoms. The molecule has 1 amide bonds. The van der Waals surface area contributed by atoms with Gasteiger partial charge < -0.3 is 10.4 Å². The Morgan fingerprint density at radius 2 is 2.00 bits per heavy atom. The van der Waals surface area contributed by atoms with E-state index >= 15 is 0 Å². The van der Waals surface area contributed by atoms with E-state index in [1.54, 1.807) is 4.90 Å². The number of aliphatic carboxylic acids is 1. The van der Waals surface area contributed by atoms with Gasteiger partial charge in [-0.15, -0.1) is 0 Å². The number of carbonyl (C=O) groups is 2. The largest absolute Gasteiger partial charge is 0.480 e. The number of nitrogens with one attached hydrogen (secondary N) is 1. The zero-order valence-corrected chi connectivity index (χ0v) is 12.2. The molecule has 0 bridgehead atoms. The molecule has 110 valence electrons. The van der Waals surface area contributed by atoms with Gasteiger partial charge in [0.2, 0.25) is 5.91 Å². The predicted molar refractivity (Wildman–Crippen MR) is 73.9 cm³/mol. The van der Waals surface area contributed by atoms with Gasteiger partial charge in [0.15, 0.2) is 0 Å². The summed E-state index contributed by atoms with van der Waals surface area (Å²) < 4.78 is 0. The first-order chi connectivity index (χ1) is 8.97. The van der Waals surface area contributed by atoms with Crippen molar-refractivity contribution in [3.63, 3.8) is 0 Å². The first-order valence-electron chi connectivity index (χ1n) is 7.24. The van der Waals surface area contributed by atoms with Crippen molar-refractivity contribution in [3.8, 4) is 0 Å². The average molecular weight is 270 g/mol. The molecule has 0 aromatic carbocycles. The summed E-state index contributed by atoms with van der Waals surface area (Å²) in [5, 5.41) is 12.2. The van der Waals surface area contributed by atoms with Crippen molar-refractivity contribution in [3.05, 3.63) is 0 Å². The lowest BCUT2D eigenvalue weighted by Gasteiger charge is -2.35. The molecule has 1 aliphatic rings. The topological polar surface area (TPSA) is 69.6 Å². The monoisotopic (exact) mass is 270 g/mol. The maximum absolute atomic E-state index is 11.9. The number of hydrogen-bond acceptors (Lipinski definition) is 3. The highest BCUT2D eigenvalue weighted by Gasteiger charge is 2.32. The van der Waals surface area contributed by atoms with Gasteiger partial charge >= 0.3 is 5.97 Å². The van der Waals surface area contributed by atoms with Gasteiger partial charge in [-0.3, -0.25) is 14.5 Å². The van der Waals surface area contributed by atoms with E-state index in [2.05, 4.69) is 12.2 Å². The fourth-order valence-electron chi connectivity index (χ4n) is 2.59. The number of carbonyl (C=O) groups excluding carboxylic acids is 1. The summed E-state index contributed by atoms with van der Waals surface area (Å²) in [7, 11) is 0. The van der Waals surface area contributed by atoms with E-state index in [0.29, 0.717) is 18.9 Å². The Morgan fingerprint density at radius 3 is 2.53 bits per heavy atom. The molecular formula is C14H26N2O3. The molecule has 1 fully saturated rings. The number of likely N-dealkylation sites (tertiary alicyclic amines) is 1. The minimum Gasteiger partial charge on any atom is -0.480 e. The first kappa shape index (κ1) is 16.0.